The van der Waals surface area contributed by atoms with Gasteiger partial charge in [-0.2, -0.15) is 0 Å². The molecule has 3 saturated heterocycles. The Morgan fingerprint density at radius 2 is 1.62 bits per heavy atom. The van der Waals surface area contributed by atoms with Gasteiger partial charge in [0.25, 0.3) is 5.91 Å². The quantitative estimate of drug-likeness (QED) is 0.539. The number of likely N-dealkylation sites (N-methyl/N-ethyl adjacent to an activating group) is 1. The van der Waals surface area contributed by atoms with E-state index >= 15 is 0 Å². The standard InChI is InChI=1S/C29H43N5O5/c1-19(2)16-23(30-27(36)21-6-8-22(9-7-21)32-14-12-31(5)13-15-32)28(37)33-11-10-24-26(33)25(35)17-34(24)29(38)39-18-20(3)4/h6-9,19-20,23-24,26H,10-18H2,1-5H3,(H,30,36). The van der Waals surface area contributed by atoms with Gasteiger partial charge in [-0.3, -0.25) is 19.3 Å². The van der Waals surface area contributed by atoms with Gasteiger partial charge in [-0.05, 0) is 56.0 Å². The number of likely N-dealkylation sites (tertiary alicyclic amines) is 2. The van der Waals surface area contributed by atoms with Gasteiger partial charge in [0.05, 0.1) is 19.2 Å². The van der Waals surface area contributed by atoms with E-state index in [0.717, 1.165) is 31.9 Å². The molecule has 3 fully saturated rings. The molecule has 3 atom stereocenters. The van der Waals surface area contributed by atoms with Crippen LogP contribution < -0.4 is 10.2 Å². The van der Waals surface area contributed by atoms with E-state index in [4.69, 9.17) is 4.74 Å². The van der Waals surface area contributed by atoms with Crippen LogP contribution in [0, 0.1) is 11.8 Å². The molecule has 214 valence electrons. The van der Waals surface area contributed by atoms with Gasteiger partial charge in [-0.15, -0.1) is 0 Å². The van der Waals surface area contributed by atoms with E-state index in [9.17, 15) is 19.2 Å². The van der Waals surface area contributed by atoms with Crippen molar-refractivity contribution in [1.82, 2.24) is 20.0 Å². The van der Waals surface area contributed by atoms with E-state index in [1.54, 1.807) is 17.0 Å². The van der Waals surface area contributed by atoms with Crippen LogP contribution in [-0.4, -0.2) is 109 Å². The smallest absolute Gasteiger partial charge is 0.410 e. The molecule has 1 aromatic rings. The minimum Gasteiger partial charge on any atom is -0.449 e. The lowest BCUT2D eigenvalue weighted by molar-refractivity contribution is -0.138. The van der Waals surface area contributed by atoms with Gasteiger partial charge in [0.1, 0.15) is 12.1 Å². The van der Waals surface area contributed by atoms with Crippen molar-refractivity contribution in [3.63, 3.8) is 0 Å². The monoisotopic (exact) mass is 541 g/mol. The lowest BCUT2D eigenvalue weighted by Gasteiger charge is -2.34. The van der Waals surface area contributed by atoms with Gasteiger partial charge in [-0.25, -0.2) is 4.79 Å². The number of carbonyl (C=O) groups excluding carboxylic acids is 4. The summed E-state index contributed by atoms with van der Waals surface area (Å²) in [6.45, 7) is 12.4. The summed E-state index contributed by atoms with van der Waals surface area (Å²) in [7, 11) is 2.11. The molecule has 1 aromatic carbocycles. The fraction of sp³-hybridized carbons (Fsp3) is 0.655. The third-order valence-corrected chi connectivity index (χ3v) is 7.79. The van der Waals surface area contributed by atoms with Crippen molar-refractivity contribution in [1.29, 1.82) is 0 Å². The van der Waals surface area contributed by atoms with Gasteiger partial charge in [0, 0.05) is 44.0 Å². The zero-order valence-electron chi connectivity index (χ0n) is 23.9. The fourth-order valence-electron chi connectivity index (χ4n) is 5.66. The number of piperazine rings is 1. The van der Waals surface area contributed by atoms with Crippen molar-refractivity contribution in [2.45, 2.75) is 58.7 Å². The zero-order chi connectivity index (χ0) is 28.3. The molecule has 1 N–H and O–H groups in total. The van der Waals surface area contributed by atoms with Crippen LogP contribution in [0.1, 0.15) is 50.9 Å². The van der Waals surface area contributed by atoms with E-state index in [1.165, 1.54) is 4.90 Å². The highest BCUT2D eigenvalue weighted by molar-refractivity contribution is 6.00. The van der Waals surface area contributed by atoms with Crippen LogP contribution in [-0.2, 0) is 14.3 Å². The molecule has 4 rings (SSSR count). The molecule has 0 saturated carbocycles. The summed E-state index contributed by atoms with van der Waals surface area (Å²) in [5.74, 6) is -0.413. The maximum Gasteiger partial charge on any atom is 0.410 e. The topological polar surface area (TPSA) is 102 Å². The molecule has 3 aliphatic heterocycles. The minimum absolute atomic E-state index is 0.0586. The van der Waals surface area contributed by atoms with Crippen molar-refractivity contribution < 1.29 is 23.9 Å². The molecule has 10 heteroatoms. The summed E-state index contributed by atoms with van der Waals surface area (Å²) < 4.78 is 5.36. The van der Waals surface area contributed by atoms with Crippen molar-refractivity contribution in [2.24, 2.45) is 11.8 Å². The molecule has 10 nitrogen and oxygen atoms in total. The van der Waals surface area contributed by atoms with Crippen molar-refractivity contribution in [2.75, 3.05) is 57.8 Å². The molecule has 0 radical (unpaired) electrons. The molecule has 0 bridgehead atoms. The van der Waals surface area contributed by atoms with Crippen LogP contribution in [0.4, 0.5) is 10.5 Å². The number of Topliss-reactive ketones (excluding diaryl/α,β-unsaturated/α-hetero) is 1. The molecule has 39 heavy (non-hydrogen) atoms. The number of amides is 3. The number of carbonyl (C=O) groups is 4. The first-order valence-electron chi connectivity index (χ1n) is 14.2. The summed E-state index contributed by atoms with van der Waals surface area (Å²) in [5, 5.41) is 2.94. The molecule has 3 amide bonds. The summed E-state index contributed by atoms with van der Waals surface area (Å²) in [6, 6.07) is 5.66. The summed E-state index contributed by atoms with van der Waals surface area (Å²) in [4.78, 5) is 60.1. The maximum absolute atomic E-state index is 13.7. The van der Waals surface area contributed by atoms with E-state index in [0.29, 0.717) is 24.9 Å². The summed E-state index contributed by atoms with van der Waals surface area (Å²) in [5.41, 5.74) is 1.57. The van der Waals surface area contributed by atoms with Gasteiger partial charge >= 0.3 is 6.09 Å². The van der Waals surface area contributed by atoms with Gasteiger partial charge in [0.2, 0.25) is 5.91 Å². The Labute approximate surface area is 231 Å². The first kappa shape index (κ1) is 28.9. The number of nitrogens with one attached hydrogen (secondary N) is 1. The highest BCUT2D eigenvalue weighted by Crippen LogP contribution is 2.31. The Morgan fingerprint density at radius 3 is 2.23 bits per heavy atom. The molecule has 0 spiro atoms. The van der Waals surface area contributed by atoms with Crippen molar-refractivity contribution in [3.05, 3.63) is 29.8 Å². The van der Waals surface area contributed by atoms with E-state index < -0.39 is 24.2 Å². The first-order chi connectivity index (χ1) is 18.5. The number of fused-ring (bicyclic) bond motifs is 1. The number of hydrogen-bond donors (Lipinski definition) is 1. The number of nitrogens with zero attached hydrogens (tertiary/aromatic N) is 4. The van der Waals surface area contributed by atoms with Crippen LogP contribution in [0.25, 0.3) is 0 Å². The fourth-order valence-corrected chi connectivity index (χ4v) is 5.66. The van der Waals surface area contributed by atoms with Gasteiger partial charge < -0.3 is 24.8 Å². The van der Waals surface area contributed by atoms with Gasteiger partial charge in [0.15, 0.2) is 5.78 Å². The number of benzene rings is 1. The SMILES string of the molecule is CC(C)COC(=O)N1CC(=O)C2C1CCN2C(=O)C(CC(C)C)NC(=O)c1ccc(N2CCN(C)CC2)cc1. The number of hydrogen-bond acceptors (Lipinski definition) is 7. The Kier molecular flexibility index (Phi) is 9.15. The Balaban J connectivity index is 1.42. The third-order valence-electron chi connectivity index (χ3n) is 7.79. The van der Waals surface area contributed by atoms with Crippen LogP contribution in [0.2, 0.25) is 0 Å². The molecular weight excluding hydrogens is 498 g/mol. The number of rotatable bonds is 8. The van der Waals surface area contributed by atoms with E-state index in [-0.39, 0.29) is 42.6 Å². The molecule has 0 aliphatic carbocycles. The molecule has 3 unspecified atom stereocenters. The average molecular weight is 542 g/mol. The maximum atomic E-state index is 13.7. The van der Waals surface area contributed by atoms with Gasteiger partial charge in [-0.1, -0.05) is 27.7 Å². The predicted octanol–water partition coefficient (Wildman–Crippen LogP) is 2.23. The molecular formula is C29H43N5O5. The highest BCUT2D eigenvalue weighted by atomic mass is 16.6. The van der Waals surface area contributed by atoms with Crippen molar-refractivity contribution in [3.8, 4) is 0 Å². The Morgan fingerprint density at radius 1 is 0.949 bits per heavy atom. The highest BCUT2D eigenvalue weighted by Gasteiger charge is 2.52. The van der Waals surface area contributed by atoms with Crippen LogP contribution in [0.3, 0.4) is 0 Å². The summed E-state index contributed by atoms with van der Waals surface area (Å²) in [6.07, 6.45) is 0.451. The predicted molar refractivity (Wildman–Crippen MR) is 149 cm³/mol. The lowest BCUT2D eigenvalue weighted by Crippen LogP contribution is -2.53. The van der Waals surface area contributed by atoms with Crippen LogP contribution >= 0.6 is 0 Å². The molecule has 3 heterocycles. The largest absolute Gasteiger partial charge is 0.449 e. The minimum atomic E-state index is -0.761. The lowest BCUT2D eigenvalue weighted by atomic mass is 10.0. The number of anilines is 1. The number of ketones is 1. The number of ether oxygens (including phenoxy) is 1. The van der Waals surface area contributed by atoms with Crippen molar-refractivity contribution >= 4 is 29.4 Å². The Hall–Kier alpha value is -3.14. The second-order valence-electron chi connectivity index (χ2n) is 11.9. The summed E-state index contributed by atoms with van der Waals surface area (Å²) >= 11 is 0. The molecule has 3 aliphatic rings. The third kappa shape index (κ3) is 6.72. The second kappa shape index (κ2) is 12.4. The average Bonchev–Trinajstić information content (AvgIpc) is 3.48. The molecule has 0 aromatic heterocycles. The zero-order valence-corrected chi connectivity index (χ0v) is 23.9. The van der Waals surface area contributed by atoms with E-state index in [2.05, 4.69) is 22.2 Å². The first-order valence-corrected chi connectivity index (χ1v) is 14.2. The second-order valence-corrected chi connectivity index (χ2v) is 11.9. The van der Waals surface area contributed by atoms with E-state index in [1.807, 2.05) is 39.8 Å². The van der Waals surface area contributed by atoms with Crippen LogP contribution in [0.5, 0.6) is 0 Å². The Bertz CT molecular complexity index is 1050. The normalized spacial score (nSPS) is 22.4. The van der Waals surface area contributed by atoms with Crippen LogP contribution in [0.15, 0.2) is 24.3 Å².